The Labute approximate surface area is 135 Å². The lowest BCUT2D eigenvalue weighted by atomic mass is 9.96. The van der Waals surface area contributed by atoms with Gasteiger partial charge in [-0.25, -0.2) is 9.59 Å². The number of benzene rings is 1. The summed E-state index contributed by atoms with van der Waals surface area (Å²) in [7, 11) is 1.25. The smallest absolute Gasteiger partial charge is 0.410 e. The number of aliphatic hydroxyl groups is 1. The second-order valence-electron chi connectivity index (χ2n) is 5.63. The number of rotatable bonds is 5. The maximum Gasteiger partial charge on any atom is 0.410 e. The molecule has 6 heteroatoms. The number of nitrogens with zero attached hydrogens (tertiary/aromatic N) is 1. The maximum absolute atomic E-state index is 12.3. The minimum absolute atomic E-state index is 0.00636. The highest BCUT2D eigenvalue weighted by Gasteiger charge is 2.48. The van der Waals surface area contributed by atoms with Gasteiger partial charge in [0.15, 0.2) is 0 Å². The number of hydrogen-bond acceptors (Lipinski definition) is 5. The van der Waals surface area contributed by atoms with E-state index in [1.807, 2.05) is 30.3 Å². The molecular weight excluding hydrogens is 298 g/mol. The van der Waals surface area contributed by atoms with Gasteiger partial charge in [0.2, 0.25) is 0 Å². The molecule has 1 amide bonds. The largest absolute Gasteiger partial charge is 0.467 e. The zero-order valence-electron chi connectivity index (χ0n) is 13.1. The summed E-state index contributed by atoms with van der Waals surface area (Å²) < 4.78 is 9.97. The van der Waals surface area contributed by atoms with E-state index in [9.17, 15) is 14.7 Å². The molecule has 23 heavy (non-hydrogen) atoms. The fourth-order valence-corrected chi connectivity index (χ4v) is 2.72. The molecule has 1 aromatic carbocycles. The van der Waals surface area contributed by atoms with E-state index in [-0.39, 0.29) is 26.0 Å². The third-order valence-corrected chi connectivity index (χ3v) is 3.85. The molecular formula is C17H21NO5. The van der Waals surface area contributed by atoms with Crippen molar-refractivity contribution in [1.82, 2.24) is 4.90 Å². The number of carbonyl (C=O) groups is 2. The van der Waals surface area contributed by atoms with Crippen molar-refractivity contribution in [2.24, 2.45) is 0 Å². The van der Waals surface area contributed by atoms with Gasteiger partial charge in [-0.3, -0.25) is 4.90 Å². The zero-order valence-corrected chi connectivity index (χ0v) is 13.1. The summed E-state index contributed by atoms with van der Waals surface area (Å²) in [6.07, 6.45) is 1.30. The van der Waals surface area contributed by atoms with Gasteiger partial charge in [-0.1, -0.05) is 36.4 Å². The lowest BCUT2D eigenvalue weighted by Gasteiger charge is -2.22. The average molecular weight is 319 g/mol. The first-order valence-corrected chi connectivity index (χ1v) is 7.37. The number of esters is 1. The summed E-state index contributed by atoms with van der Waals surface area (Å²) in [6.45, 7) is 3.70. The van der Waals surface area contributed by atoms with Crippen LogP contribution in [0.4, 0.5) is 4.79 Å². The summed E-state index contributed by atoms with van der Waals surface area (Å²) in [6, 6.07) is 8.38. The molecule has 1 aliphatic rings. The standard InChI is InChI=1S/C17H21NO5/c1-3-9-17(21)10-14(15(19)22-2)18(12-17)16(20)23-11-13-7-5-4-6-8-13/h3-8,14,21H,1,9-12H2,2H3/t14-,17?/m0/s1. The highest BCUT2D eigenvalue weighted by molar-refractivity contribution is 5.82. The van der Waals surface area contributed by atoms with Gasteiger partial charge in [-0.05, 0) is 12.0 Å². The number of β-amino-alcohol motifs (C(OH)–C–C–N with tert-alkyl or cyclic N) is 1. The van der Waals surface area contributed by atoms with Crippen molar-refractivity contribution in [3.63, 3.8) is 0 Å². The molecule has 6 nitrogen and oxygen atoms in total. The summed E-state index contributed by atoms with van der Waals surface area (Å²) in [5.41, 5.74) is -0.345. The molecule has 1 saturated heterocycles. The van der Waals surface area contributed by atoms with Crippen molar-refractivity contribution in [3.05, 3.63) is 48.6 Å². The van der Waals surface area contributed by atoms with E-state index in [0.29, 0.717) is 0 Å². The summed E-state index contributed by atoms with van der Waals surface area (Å²) in [5, 5.41) is 10.5. The van der Waals surface area contributed by atoms with Crippen LogP contribution in [0.2, 0.25) is 0 Å². The van der Waals surface area contributed by atoms with E-state index in [2.05, 4.69) is 6.58 Å². The SMILES string of the molecule is C=CCC1(O)C[C@@H](C(=O)OC)N(C(=O)OCc2ccccc2)C1. The van der Waals surface area contributed by atoms with Crippen molar-refractivity contribution in [3.8, 4) is 0 Å². The van der Waals surface area contributed by atoms with Gasteiger partial charge in [-0.15, -0.1) is 6.58 Å². The normalized spacial score (nSPS) is 23.4. The van der Waals surface area contributed by atoms with Crippen LogP contribution in [0.5, 0.6) is 0 Å². The Balaban J connectivity index is 2.06. The van der Waals surface area contributed by atoms with E-state index >= 15 is 0 Å². The second-order valence-corrected chi connectivity index (χ2v) is 5.63. The number of ether oxygens (including phenoxy) is 2. The highest BCUT2D eigenvalue weighted by Crippen LogP contribution is 2.31. The number of carbonyl (C=O) groups excluding carboxylic acids is 2. The predicted octanol–water partition coefficient (Wildman–Crippen LogP) is 1.88. The third kappa shape index (κ3) is 4.10. The summed E-state index contributed by atoms with van der Waals surface area (Å²) >= 11 is 0. The number of hydrogen-bond donors (Lipinski definition) is 1. The fourth-order valence-electron chi connectivity index (χ4n) is 2.72. The van der Waals surface area contributed by atoms with Crippen LogP contribution in [0, 0.1) is 0 Å². The molecule has 0 bridgehead atoms. The minimum atomic E-state index is -1.19. The van der Waals surface area contributed by atoms with Crippen molar-refractivity contribution < 1.29 is 24.2 Å². The van der Waals surface area contributed by atoms with Crippen LogP contribution < -0.4 is 0 Å². The third-order valence-electron chi connectivity index (χ3n) is 3.85. The van der Waals surface area contributed by atoms with Crippen molar-refractivity contribution in [2.45, 2.75) is 31.1 Å². The topological polar surface area (TPSA) is 76.1 Å². The first-order chi connectivity index (χ1) is 11.0. The van der Waals surface area contributed by atoms with Crippen LogP contribution in [0.3, 0.4) is 0 Å². The molecule has 1 aromatic rings. The molecule has 1 unspecified atom stereocenters. The van der Waals surface area contributed by atoms with Gasteiger partial charge in [0.25, 0.3) is 0 Å². The highest BCUT2D eigenvalue weighted by atomic mass is 16.6. The molecule has 1 N–H and O–H groups in total. The first-order valence-electron chi connectivity index (χ1n) is 7.37. The minimum Gasteiger partial charge on any atom is -0.467 e. The van der Waals surface area contributed by atoms with Gasteiger partial charge in [0.05, 0.1) is 19.3 Å². The van der Waals surface area contributed by atoms with Crippen molar-refractivity contribution in [2.75, 3.05) is 13.7 Å². The van der Waals surface area contributed by atoms with E-state index < -0.39 is 23.7 Å². The molecule has 1 aliphatic heterocycles. The van der Waals surface area contributed by atoms with Gasteiger partial charge < -0.3 is 14.6 Å². The number of likely N-dealkylation sites (tertiary alicyclic amines) is 1. The molecule has 0 radical (unpaired) electrons. The van der Waals surface area contributed by atoms with E-state index in [1.165, 1.54) is 12.0 Å². The predicted molar refractivity (Wildman–Crippen MR) is 83.5 cm³/mol. The summed E-state index contributed by atoms with van der Waals surface area (Å²) in [5.74, 6) is -0.568. The molecule has 2 rings (SSSR count). The zero-order chi connectivity index (χ0) is 16.9. The molecule has 0 saturated carbocycles. The van der Waals surface area contributed by atoms with Crippen molar-refractivity contribution in [1.29, 1.82) is 0 Å². The van der Waals surface area contributed by atoms with Crippen LogP contribution >= 0.6 is 0 Å². The quantitative estimate of drug-likeness (QED) is 0.662. The van der Waals surface area contributed by atoms with Crippen LogP contribution in [0.15, 0.2) is 43.0 Å². The number of amides is 1. The lowest BCUT2D eigenvalue weighted by molar-refractivity contribution is -0.145. The molecule has 0 spiro atoms. The average Bonchev–Trinajstić information content (AvgIpc) is 2.91. The molecule has 2 atom stereocenters. The van der Waals surface area contributed by atoms with Gasteiger partial charge in [-0.2, -0.15) is 0 Å². The Morgan fingerprint density at radius 3 is 2.74 bits per heavy atom. The van der Waals surface area contributed by atoms with E-state index in [4.69, 9.17) is 9.47 Å². The Morgan fingerprint density at radius 1 is 1.43 bits per heavy atom. The van der Waals surface area contributed by atoms with Crippen LogP contribution in [-0.2, 0) is 20.9 Å². The lowest BCUT2D eigenvalue weighted by Crippen LogP contribution is -2.42. The molecule has 1 fully saturated rings. The Bertz CT molecular complexity index is 574. The maximum atomic E-state index is 12.3. The molecule has 124 valence electrons. The van der Waals surface area contributed by atoms with Gasteiger partial charge >= 0.3 is 12.1 Å². The monoisotopic (exact) mass is 319 g/mol. The number of methoxy groups -OCH3 is 1. The molecule has 0 aliphatic carbocycles. The summed E-state index contributed by atoms with van der Waals surface area (Å²) in [4.78, 5) is 25.4. The fraction of sp³-hybridized carbons (Fsp3) is 0.412. The Kier molecular flexibility index (Phi) is 5.39. The van der Waals surface area contributed by atoms with Crippen LogP contribution in [0.25, 0.3) is 0 Å². The van der Waals surface area contributed by atoms with Gasteiger partial charge in [0, 0.05) is 6.42 Å². The van der Waals surface area contributed by atoms with E-state index in [1.54, 1.807) is 6.08 Å². The first kappa shape index (κ1) is 17.0. The van der Waals surface area contributed by atoms with E-state index in [0.717, 1.165) is 5.56 Å². The molecule has 0 aromatic heterocycles. The van der Waals surface area contributed by atoms with Crippen LogP contribution in [0.1, 0.15) is 18.4 Å². The Hall–Kier alpha value is -2.34. The van der Waals surface area contributed by atoms with Crippen LogP contribution in [-0.4, -0.2) is 47.4 Å². The Morgan fingerprint density at radius 2 is 2.13 bits per heavy atom. The van der Waals surface area contributed by atoms with Gasteiger partial charge in [0.1, 0.15) is 12.6 Å². The van der Waals surface area contributed by atoms with Crippen molar-refractivity contribution >= 4 is 12.1 Å². The molecule has 1 heterocycles. The second kappa shape index (κ2) is 7.28.